The number of carbonyl (C=O) groups is 1. The van der Waals surface area contributed by atoms with Crippen molar-refractivity contribution in [3.8, 4) is 0 Å². The van der Waals surface area contributed by atoms with Gasteiger partial charge in [0.15, 0.2) is 0 Å². The van der Waals surface area contributed by atoms with E-state index in [1.54, 1.807) is 19.1 Å². The second-order valence-electron chi connectivity index (χ2n) is 4.67. The fourth-order valence-electron chi connectivity index (χ4n) is 2.29. The first-order chi connectivity index (χ1) is 9.93. The molecule has 2 aromatic rings. The van der Waals surface area contributed by atoms with Crippen LogP contribution < -0.4 is 5.46 Å². The topological polar surface area (TPSA) is 39.4 Å². The van der Waals surface area contributed by atoms with Crippen molar-refractivity contribution in [3.63, 3.8) is 0 Å². The van der Waals surface area contributed by atoms with Crippen LogP contribution in [-0.4, -0.2) is 19.6 Å². The molecule has 0 unspecified atom stereocenters. The molecule has 0 saturated carbocycles. The number of ether oxygens (including phenoxy) is 1. The van der Waals surface area contributed by atoms with E-state index in [0.717, 1.165) is 0 Å². The van der Waals surface area contributed by atoms with Crippen LogP contribution >= 0.6 is 0 Å². The number of fused-ring (bicyclic) bond motifs is 1. The second kappa shape index (κ2) is 6.24. The molecule has 0 aliphatic heterocycles. The Hall–Kier alpha value is -1.92. The quantitative estimate of drug-likeness (QED) is 0.606. The molecule has 0 atom stereocenters. The lowest BCUT2D eigenvalue weighted by molar-refractivity contribution is -0.143. The van der Waals surface area contributed by atoms with Crippen LogP contribution in [0, 0.1) is 0 Å². The number of para-hydroxylation sites is 1. The largest absolute Gasteiger partial charge is 0.513 e. The van der Waals surface area contributed by atoms with E-state index in [2.05, 4.69) is 0 Å². The van der Waals surface area contributed by atoms with Crippen LogP contribution in [0.15, 0.2) is 28.7 Å². The zero-order chi connectivity index (χ0) is 15.5. The minimum atomic E-state index is -5.16. The summed E-state index contributed by atoms with van der Waals surface area (Å²) in [6, 6.07) is 6.08. The summed E-state index contributed by atoms with van der Waals surface area (Å²) in [6.45, 7) is -3.21. The van der Waals surface area contributed by atoms with E-state index in [-0.39, 0.29) is 42.6 Å². The Morgan fingerprint density at radius 1 is 1.29 bits per heavy atom. The molecule has 1 heterocycles. The summed E-state index contributed by atoms with van der Waals surface area (Å²) in [5.41, 5.74) is -0.465. The van der Waals surface area contributed by atoms with Crippen LogP contribution in [0.3, 0.4) is 0 Å². The second-order valence-corrected chi connectivity index (χ2v) is 4.67. The summed E-state index contributed by atoms with van der Waals surface area (Å²) in [5.74, 6) is -0.513. The Balaban J connectivity index is 2.21. The zero-order valence-corrected chi connectivity index (χ0v) is 11.6. The number of hydrogen-bond acceptors (Lipinski definition) is 3. The molecule has 0 aliphatic rings. The summed E-state index contributed by atoms with van der Waals surface area (Å²) in [7, 11) is 0. The zero-order valence-electron chi connectivity index (χ0n) is 11.6. The molecular weight excluding hydrogens is 284 g/mol. The smallest absolute Gasteiger partial charge is 0.466 e. The minimum absolute atomic E-state index is 0.0596. The number of rotatable bonds is 6. The molecule has 7 heteroatoms. The highest BCUT2D eigenvalue weighted by molar-refractivity contribution is 6.76. The van der Waals surface area contributed by atoms with Gasteiger partial charge in [0.2, 0.25) is 0 Å². The molecule has 1 aromatic heterocycles. The van der Waals surface area contributed by atoms with E-state index in [0.29, 0.717) is 0 Å². The van der Waals surface area contributed by atoms with Crippen molar-refractivity contribution in [2.75, 3.05) is 6.61 Å². The van der Waals surface area contributed by atoms with Crippen molar-refractivity contribution >= 4 is 29.4 Å². The van der Waals surface area contributed by atoms with Crippen LogP contribution in [0.25, 0.3) is 11.0 Å². The molecule has 0 radical (unpaired) electrons. The van der Waals surface area contributed by atoms with Gasteiger partial charge in [0, 0.05) is 12.8 Å². The van der Waals surface area contributed by atoms with Crippen LogP contribution in [-0.2, 0) is 16.0 Å². The lowest BCUT2D eigenvalue weighted by Crippen LogP contribution is -2.36. The highest BCUT2D eigenvalue weighted by Gasteiger charge is 2.33. The normalized spacial score (nSPS) is 11.8. The molecule has 21 heavy (non-hydrogen) atoms. The Morgan fingerprint density at radius 3 is 2.67 bits per heavy atom. The van der Waals surface area contributed by atoms with Crippen LogP contribution in [0.4, 0.5) is 12.9 Å². The first kappa shape index (κ1) is 15.5. The maximum atomic E-state index is 13.2. The van der Waals surface area contributed by atoms with Gasteiger partial charge >= 0.3 is 12.9 Å². The van der Waals surface area contributed by atoms with Gasteiger partial charge in [-0.25, -0.2) is 0 Å². The van der Waals surface area contributed by atoms with Gasteiger partial charge in [-0.3, -0.25) is 4.79 Å². The maximum Gasteiger partial charge on any atom is 0.513 e. The lowest BCUT2D eigenvalue weighted by Gasteiger charge is -2.15. The van der Waals surface area contributed by atoms with Crippen LogP contribution in [0.5, 0.6) is 0 Å². The fourth-order valence-corrected chi connectivity index (χ4v) is 2.29. The molecular formula is C14H15BF3O3-. The van der Waals surface area contributed by atoms with Crippen LogP contribution in [0.1, 0.15) is 25.5 Å². The predicted octanol–water partition coefficient (Wildman–Crippen LogP) is 3.37. The summed E-state index contributed by atoms with van der Waals surface area (Å²) in [4.78, 5) is 11.2. The van der Waals surface area contributed by atoms with Crippen molar-refractivity contribution in [2.24, 2.45) is 0 Å². The Labute approximate surface area is 120 Å². The summed E-state index contributed by atoms with van der Waals surface area (Å²) in [6.07, 6.45) is 0.400. The number of carbonyl (C=O) groups excluding carboxylic acids is 1. The Bertz CT molecular complexity index is 634. The molecule has 0 amide bonds. The van der Waals surface area contributed by atoms with E-state index in [1.165, 1.54) is 12.1 Å². The van der Waals surface area contributed by atoms with E-state index < -0.39 is 18.4 Å². The van der Waals surface area contributed by atoms with E-state index in [4.69, 9.17) is 9.15 Å². The van der Waals surface area contributed by atoms with Gasteiger partial charge in [-0.15, -0.1) is 0 Å². The third kappa shape index (κ3) is 3.59. The molecule has 0 saturated heterocycles. The van der Waals surface area contributed by atoms with Crippen molar-refractivity contribution in [3.05, 3.63) is 30.0 Å². The summed E-state index contributed by atoms with van der Waals surface area (Å²) >= 11 is 0. The average Bonchev–Trinajstić information content (AvgIpc) is 2.77. The van der Waals surface area contributed by atoms with Gasteiger partial charge in [-0.2, -0.15) is 0 Å². The maximum absolute atomic E-state index is 13.2. The van der Waals surface area contributed by atoms with E-state index in [9.17, 15) is 17.7 Å². The van der Waals surface area contributed by atoms with E-state index >= 15 is 0 Å². The van der Waals surface area contributed by atoms with E-state index in [1.807, 2.05) is 0 Å². The fraction of sp³-hybridized carbons (Fsp3) is 0.357. The number of esters is 1. The predicted molar refractivity (Wildman–Crippen MR) is 74.5 cm³/mol. The number of hydrogen-bond donors (Lipinski definition) is 0. The Kier molecular flexibility index (Phi) is 4.60. The van der Waals surface area contributed by atoms with Gasteiger partial charge in [0.25, 0.3) is 0 Å². The molecule has 0 spiro atoms. The van der Waals surface area contributed by atoms with Gasteiger partial charge in [0.05, 0.1) is 12.4 Å². The molecule has 114 valence electrons. The first-order valence-corrected chi connectivity index (χ1v) is 6.79. The highest BCUT2D eigenvalue weighted by atomic mass is 19.4. The molecule has 2 rings (SSSR count). The standard InChI is InChI=1S/C14H15BF3O3/c1-2-20-13(19)9-5-8-12-14(15(16,17)18)10-6-3-4-7-11(10)21-12/h3-4,6-7H,2,5,8-9H2,1H3/q-1. The third-order valence-corrected chi connectivity index (χ3v) is 3.13. The Morgan fingerprint density at radius 2 is 2.00 bits per heavy atom. The SMILES string of the molecule is CCOC(=O)CCCc1oc2ccccc2c1[B-](F)(F)F. The summed E-state index contributed by atoms with van der Waals surface area (Å²) < 4.78 is 49.7. The molecule has 0 bridgehead atoms. The number of furan rings is 1. The molecule has 0 fully saturated rings. The van der Waals surface area contributed by atoms with Crippen molar-refractivity contribution in [2.45, 2.75) is 26.2 Å². The minimum Gasteiger partial charge on any atom is -0.466 e. The van der Waals surface area contributed by atoms with Crippen molar-refractivity contribution in [1.29, 1.82) is 0 Å². The monoisotopic (exact) mass is 299 g/mol. The van der Waals surface area contributed by atoms with Crippen molar-refractivity contribution in [1.82, 2.24) is 0 Å². The number of aryl methyl sites for hydroxylation is 1. The summed E-state index contributed by atoms with van der Waals surface area (Å²) in [5, 5.41) is 0.0798. The molecule has 0 N–H and O–H groups in total. The molecule has 0 aliphatic carbocycles. The van der Waals surface area contributed by atoms with Gasteiger partial charge in [-0.1, -0.05) is 23.7 Å². The van der Waals surface area contributed by atoms with Crippen LogP contribution in [0.2, 0.25) is 0 Å². The number of halogens is 3. The molecule has 3 nitrogen and oxygen atoms in total. The van der Waals surface area contributed by atoms with Gasteiger partial charge < -0.3 is 22.1 Å². The molecule has 1 aromatic carbocycles. The third-order valence-electron chi connectivity index (χ3n) is 3.13. The van der Waals surface area contributed by atoms with Gasteiger partial charge in [0.1, 0.15) is 5.58 Å². The van der Waals surface area contributed by atoms with Crippen molar-refractivity contribution < 1.29 is 26.9 Å². The first-order valence-electron chi connectivity index (χ1n) is 6.79. The average molecular weight is 299 g/mol. The lowest BCUT2D eigenvalue weighted by atomic mass is 9.77. The van der Waals surface area contributed by atoms with Gasteiger partial charge in [-0.05, 0) is 24.8 Å². The number of benzene rings is 1. The highest BCUT2D eigenvalue weighted by Crippen LogP contribution is 2.24.